The van der Waals surface area contributed by atoms with Crippen LogP contribution in [0.25, 0.3) is 0 Å². The predicted molar refractivity (Wildman–Crippen MR) is 71.1 cm³/mol. The molecule has 0 radical (unpaired) electrons. The maximum absolute atomic E-state index is 14.3. The van der Waals surface area contributed by atoms with E-state index in [9.17, 15) is 14.3 Å². The van der Waals surface area contributed by atoms with Crippen molar-refractivity contribution in [3.8, 4) is 0 Å². The number of carbonyl (C=O) groups is 1. The van der Waals surface area contributed by atoms with Gasteiger partial charge in [-0.05, 0) is 12.1 Å². The molecular formula is C13H12FN5O2. The number of carbonyl (C=O) groups excluding carboxylic acids is 1. The summed E-state index contributed by atoms with van der Waals surface area (Å²) in [5, 5.41) is 20.0. The molecule has 2 aromatic rings. The lowest BCUT2D eigenvalue weighted by Crippen LogP contribution is -2.34. The normalized spacial score (nSPS) is 20.2. The zero-order chi connectivity index (χ0) is 14.6. The highest BCUT2D eigenvalue weighted by Gasteiger charge is 2.31. The first kappa shape index (κ1) is 12.3. The third kappa shape index (κ3) is 1.79. The molecule has 0 spiro atoms. The molecule has 0 fully saturated rings. The van der Waals surface area contributed by atoms with Gasteiger partial charge in [-0.15, -0.1) is 10.2 Å². The largest absolute Gasteiger partial charge is 0.378 e. The van der Waals surface area contributed by atoms with Crippen molar-refractivity contribution < 1.29 is 14.3 Å². The molecule has 1 atom stereocenters. The second-order valence-electron chi connectivity index (χ2n) is 5.14. The van der Waals surface area contributed by atoms with Gasteiger partial charge in [0.25, 0.3) is 5.91 Å². The molecule has 2 N–H and O–H groups in total. The van der Waals surface area contributed by atoms with Gasteiger partial charge in [-0.1, -0.05) is 0 Å². The van der Waals surface area contributed by atoms with E-state index in [2.05, 4.69) is 15.5 Å². The highest BCUT2D eigenvalue weighted by molar-refractivity contribution is 6.02. The van der Waals surface area contributed by atoms with Crippen molar-refractivity contribution >= 4 is 17.3 Å². The van der Waals surface area contributed by atoms with E-state index >= 15 is 0 Å². The van der Waals surface area contributed by atoms with E-state index in [0.29, 0.717) is 31.0 Å². The summed E-state index contributed by atoms with van der Waals surface area (Å²) >= 11 is 0. The van der Waals surface area contributed by atoms with Crippen LogP contribution >= 0.6 is 0 Å². The van der Waals surface area contributed by atoms with E-state index in [1.807, 2.05) is 9.47 Å². The molecule has 0 bridgehead atoms. The number of aliphatic hydroxyl groups is 1. The van der Waals surface area contributed by atoms with Crippen LogP contribution in [-0.2, 0) is 17.9 Å². The maximum Gasteiger partial charge on any atom is 0.257 e. The molecule has 2 aliphatic rings. The summed E-state index contributed by atoms with van der Waals surface area (Å²) < 4.78 is 16.2. The van der Waals surface area contributed by atoms with E-state index < -0.39 is 17.8 Å². The van der Waals surface area contributed by atoms with Gasteiger partial charge in [0, 0.05) is 24.3 Å². The molecule has 1 aromatic carbocycles. The predicted octanol–water partition coefficient (Wildman–Crippen LogP) is 0.423. The fraction of sp³-hybridized carbons (Fsp3) is 0.308. The third-order valence-corrected chi connectivity index (χ3v) is 3.90. The number of fused-ring (bicyclic) bond motifs is 2. The smallest absolute Gasteiger partial charge is 0.257 e. The van der Waals surface area contributed by atoms with Gasteiger partial charge in [-0.3, -0.25) is 4.79 Å². The summed E-state index contributed by atoms with van der Waals surface area (Å²) in [4.78, 5) is 13.3. The molecule has 4 rings (SSSR count). The van der Waals surface area contributed by atoms with Crippen LogP contribution in [0.15, 0.2) is 18.5 Å². The second kappa shape index (κ2) is 4.26. The van der Waals surface area contributed by atoms with Gasteiger partial charge in [0.05, 0.1) is 12.2 Å². The number of hydrogen-bond donors (Lipinski definition) is 2. The van der Waals surface area contributed by atoms with Gasteiger partial charge in [0.1, 0.15) is 12.1 Å². The topological polar surface area (TPSA) is 83.3 Å². The number of nitrogens with zero attached hydrogens (tertiary/aromatic N) is 4. The molecule has 0 saturated heterocycles. The summed E-state index contributed by atoms with van der Waals surface area (Å²) in [7, 11) is 0. The quantitative estimate of drug-likeness (QED) is 0.795. The molecule has 8 heteroatoms. The molecule has 1 unspecified atom stereocenters. The minimum atomic E-state index is -1.30. The summed E-state index contributed by atoms with van der Waals surface area (Å²) in [6, 6.07) is 2.78. The van der Waals surface area contributed by atoms with Gasteiger partial charge in [-0.25, -0.2) is 4.39 Å². The van der Waals surface area contributed by atoms with Crippen LogP contribution in [-0.4, -0.2) is 32.3 Å². The lowest BCUT2D eigenvalue weighted by molar-refractivity contribution is -0.123. The first-order chi connectivity index (χ1) is 10.1. The Morgan fingerprint density at radius 1 is 1.38 bits per heavy atom. The third-order valence-electron chi connectivity index (χ3n) is 3.90. The number of hydrogen-bond acceptors (Lipinski definition) is 5. The second-order valence-corrected chi connectivity index (χ2v) is 5.14. The number of rotatable bonds is 1. The number of benzene rings is 1. The Balaban J connectivity index is 1.71. The standard InChI is InChI=1S/C13H12FN5O2/c14-8-3-7-9(16-13(21)12(7)20)4-10(8)18-1-2-19-6-15-17-11(19)5-18/h3-4,6,12,20H,1-2,5H2,(H,16,21). The van der Waals surface area contributed by atoms with Crippen molar-refractivity contribution in [1.82, 2.24) is 14.8 Å². The molecular weight excluding hydrogens is 277 g/mol. The molecule has 1 amide bonds. The first-order valence-electron chi connectivity index (χ1n) is 6.57. The molecule has 21 heavy (non-hydrogen) atoms. The maximum atomic E-state index is 14.3. The number of aromatic nitrogens is 3. The SMILES string of the molecule is O=C1Nc2cc(N3CCn4cnnc4C3)c(F)cc2C1O. The van der Waals surface area contributed by atoms with Crippen molar-refractivity contribution in [2.75, 3.05) is 16.8 Å². The Kier molecular flexibility index (Phi) is 2.49. The number of nitrogens with one attached hydrogen (secondary N) is 1. The van der Waals surface area contributed by atoms with Crippen molar-refractivity contribution in [2.24, 2.45) is 0 Å². The van der Waals surface area contributed by atoms with Crippen LogP contribution in [0.3, 0.4) is 0 Å². The highest BCUT2D eigenvalue weighted by Crippen LogP contribution is 2.36. The fourth-order valence-corrected chi connectivity index (χ4v) is 2.77. The minimum Gasteiger partial charge on any atom is -0.378 e. The van der Waals surface area contributed by atoms with Crippen molar-refractivity contribution in [3.05, 3.63) is 35.7 Å². The number of anilines is 2. The molecule has 2 aliphatic heterocycles. The van der Waals surface area contributed by atoms with Crippen molar-refractivity contribution in [1.29, 1.82) is 0 Å². The molecule has 108 valence electrons. The van der Waals surface area contributed by atoms with Crippen LogP contribution in [0.1, 0.15) is 17.5 Å². The van der Waals surface area contributed by atoms with E-state index in [0.717, 1.165) is 5.82 Å². The Morgan fingerprint density at radius 2 is 2.24 bits per heavy atom. The van der Waals surface area contributed by atoms with Gasteiger partial charge >= 0.3 is 0 Å². The Labute approximate surface area is 119 Å². The summed E-state index contributed by atoms with van der Waals surface area (Å²) in [5.74, 6) is -0.220. The van der Waals surface area contributed by atoms with E-state index in [1.165, 1.54) is 6.07 Å². The van der Waals surface area contributed by atoms with Crippen LogP contribution in [0.2, 0.25) is 0 Å². The monoisotopic (exact) mass is 289 g/mol. The first-order valence-corrected chi connectivity index (χ1v) is 6.57. The van der Waals surface area contributed by atoms with Crippen LogP contribution in [0.5, 0.6) is 0 Å². The Hall–Kier alpha value is -2.48. The summed E-state index contributed by atoms with van der Waals surface area (Å²) in [5.41, 5.74) is 1.12. The van der Waals surface area contributed by atoms with Gasteiger partial charge in [0.15, 0.2) is 11.9 Å². The molecule has 0 saturated carbocycles. The van der Waals surface area contributed by atoms with Crippen LogP contribution in [0.4, 0.5) is 15.8 Å². The summed E-state index contributed by atoms with van der Waals surface area (Å²) in [6.07, 6.45) is 0.357. The molecule has 1 aromatic heterocycles. The number of halogens is 1. The van der Waals surface area contributed by atoms with Crippen molar-refractivity contribution in [3.63, 3.8) is 0 Å². The van der Waals surface area contributed by atoms with Crippen LogP contribution in [0, 0.1) is 5.82 Å². The van der Waals surface area contributed by atoms with E-state index in [-0.39, 0.29) is 5.56 Å². The van der Waals surface area contributed by atoms with E-state index in [1.54, 1.807) is 12.4 Å². The fourth-order valence-electron chi connectivity index (χ4n) is 2.77. The minimum absolute atomic E-state index is 0.279. The highest BCUT2D eigenvalue weighted by atomic mass is 19.1. The lowest BCUT2D eigenvalue weighted by atomic mass is 10.1. The Morgan fingerprint density at radius 3 is 3.10 bits per heavy atom. The zero-order valence-electron chi connectivity index (χ0n) is 11.0. The number of amides is 1. The molecule has 7 nitrogen and oxygen atoms in total. The average Bonchev–Trinajstić information content (AvgIpc) is 3.04. The number of aliphatic hydroxyl groups excluding tert-OH is 1. The van der Waals surface area contributed by atoms with Crippen molar-refractivity contribution in [2.45, 2.75) is 19.2 Å². The lowest BCUT2D eigenvalue weighted by Gasteiger charge is -2.29. The molecule has 0 aliphatic carbocycles. The van der Waals surface area contributed by atoms with Crippen LogP contribution < -0.4 is 10.2 Å². The zero-order valence-corrected chi connectivity index (χ0v) is 11.0. The molecule has 3 heterocycles. The average molecular weight is 289 g/mol. The summed E-state index contributed by atoms with van der Waals surface area (Å²) in [6.45, 7) is 1.75. The van der Waals surface area contributed by atoms with E-state index in [4.69, 9.17) is 0 Å². The van der Waals surface area contributed by atoms with Gasteiger partial charge < -0.3 is 19.9 Å². The Bertz CT molecular complexity index is 744. The van der Waals surface area contributed by atoms with Gasteiger partial charge in [0.2, 0.25) is 0 Å². The van der Waals surface area contributed by atoms with Gasteiger partial charge in [-0.2, -0.15) is 0 Å².